The fourth-order valence-corrected chi connectivity index (χ4v) is 8.93. The van der Waals surface area contributed by atoms with E-state index in [2.05, 4.69) is 0 Å². The van der Waals surface area contributed by atoms with Gasteiger partial charge in [0.25, 0.3) is 0 Å². The molecule has 1 saturated heterocycles. The van der Waals surface area contributed by atoms with E-state index in [1.54, 1.807) is 13.0 Å². The van der Waals surface area contributed by atoms with E-state index < -0.39 is 76.6 Å². The Labute approximate surface area is 248 Å². The number of ether oxygens (including phenoxy) is 6. The van der Waals surface area contributed by atoms with Crippen LogP contribution in [0.2, 0.25) is 0 Å². The number of fused-ring (bicyclic) bond motifs is 3. The molecular weight excluding hydrogens is 564 g/mol. The minimum atomic E-state index is -1.86. The highest BCUT2D eigenvalue weighted by atomic mass is 16.7. The highest BCUT2D eigenvalue weighted by molar-refractivity contribution is 5.93. The van der Waals surface area contributed by atoms with Crippen LogP contribution in [0, 0.1) is 28.6 Å². The van der Waals surface area contributed by atoms with Crippen LogP contribution in [0.5, 0.6) is 11.5 Å². The highest BCUT2D eigenvalue weighted by Crippen LogP contribution is 2.69. The lowest BCUT2D eigenvalue weighted by molar-refractivity contribution is -0.314. The fourth-order valence-electron chi connectivity index (χ4n) is 8.93. The summed E-state index contributed by atoms with van der Waals surface area (Å²) in [5.41, 5.74) is -4.09. The molecule has 6 rings (SSSR count). The average molecular weight is 601 g/mol. The molecule has 0 amide bonds. The maximum Gasteiger partial charge on any atom is 0.338 e. The van der Waals surface area contributed by atoms with Crippen molar-refractivity contribution in [2.75, 3.05) is 6.79 Å². The van der Waals surface area contributed by atoms with Gasteiger partial charge >= 0.3 is 23.9 Å². The van der Waals surface area contributed by atoms with Crippen molar-refractivity contribution in [3.05, 3.63) is 23.8 Å². The Hall–Kier alpha value is -3.67. The number of carbonyl (C=O) groups is 5. The highest BCUT2D eigenvalue weighted by Gasteiger charge is 2.77. The van der Waals surface area contributed by atoms with Crippen LogP contribution in [-0.2, 0) is 38.1 Å². The summed E-state index contributed by atoms with van der Waals surface area (Å²) in [4.78, 5) is 65.6. The quantitative estimate of drug-likeness (QED) is 0.398. The van der Waals surface area contributed by atoms with E-state index in [1.165, 1.54) is 32.9 Å². The SMILES string of the molecule is CC(=O)OC1CCC2CC3OC(=O)CC4C(C)(O)C(OC(C)=O)C(OC(=O)c5ccc6c(c5)OCO6)C(C2(C)C1=O)C34C. The summed E-state index contributed by atoms with van der Waals surface area (Å²) in [6.07, 6.45) is -3.61. The molecule has 4 fully saturated rings. The minimum Gasteiger partial charge on any atom is -0.462 e. The molecule has 5 aliphatic rings. The molecule has 0 aromatic heterocycles. The van der Waals surface area contributed by atoms with Crippen LogP contribution in [0.25, 0.3) is 0 Å². The second-order valence-electron chi connectivity index (χ2n) is 13.0. The molecule has 1 aromatic rings. The van der Waals surface area contributed by atoms with Crippen molar-refractivity contribution in [3.63, 3.8) is 0 Å². The lowest BCUT2D eigenvalue weighted by Crippen LogP contribution is -2.78. The summed E-state index contributed by atoms with van der Waals surface area (Å²) in [7, 11) is 0. The van der Waals surface area contributed by atoms with Crippen LogP contribution in [0.1, 0.15) is 70.7 Å². The molecule has 2 heterocycles. The summed E-state index contributed by atoms with van der Waals surface area (Å²) in [5.74, 6) is -4.22. The standard InChI is InChI=1S/C31H36O12/c1-14(32)40-19-9-7-17-11-22-30(4)21(12-23(34)42-22)31(5,37)27(41-15(2)33)24(25(30)29(17,3)26(19)35)43-28(36)16-6-8-18-20(10-16)39-13-38-18/h6,8,10,17,19,21-22,24-25,27,37H,7,9,11-13H2,1-5H3. The number of hydrogen-bond donors (Lipinski definition) is 1. The first-order valence-corrected chi connectivity index (χ1v) is 14.6. The van der Waals surface area contributed by atoms with Gasteiger partial charge in [0.05, 0.1) is 12.0 Å². The van der Waals surface area contributed by atoms with Crippen molar-refractivity contribution in [1.29, 1.82) is 0 Å². The Balaban J connectivity index is 1.51. The van der Waals surface area contributed by atoms with Crippen molar-refractivity contribution in [2.24, 2.45) is 28.6 Å². The summed E-state index contributed by atoms with van der Waals surface area (Å²) in [6, 6.07) is 4.54. The van der Waals surface area contributed by atoms with Gasteiger partial charge in [0.2, 0.25) is 6.79 Å². The van der Waals surface area contributed by atoms with Crippen molar-refractivity contribution in [3.8, 4) is 11.5 Å². The second kappa shape index (κ2) is 9.93. The number of esters is 4. The number of Topliss-reactive ketones (excluding diaryl/α,β-unsaturated/α-hetero) is 1. The van der Waals surface area contributed by atoms with Crippen LogP contribution in [-0.4, -0.2) is 71.6 Å². The van der Waals surface area contributed by atoms with E-state index in [-0.39, 0.29) is 30.5 Å². The summed E-state index contributed by atoms with van der Waals surface area (Å²) < 4.78 is 34.1. The maximum atomic E-state index is 14.4. The van der Waals surface area contributed by atoms with Crippen LogP contribution in [0.3, 0.4) is 0 Å². The van der Waals surface area contributed by atoms with Crippen molar-refractivity contribution in [2.45, 2.75) is 90.3 Å². The molecule has 3 saturated carbocycles. The van der Waals surface area contributed by atoms with Crippen molar-refractivity contribution < 1.29 is 57.5 Å². The largest absolute Gasteiger partial charge is 0.462 e. The monoisotopic (exact) mass is 600 g/mol. The summed E-state index contributed by atoms with van der Waals surface area (Å²) in [6.45, 7) is 7.47. The number of aliphatic hydroxyl groups is 1. The van der Waals surface area contributed by atoms with E-state index >= 15 is 0 Å². The average Bonchev–Trinajstić information content (AvgIpc) is 3.39. The minimum absolute atomic E-state index is 0.00112. The van der Waals surface area contributed by atoms with Gasteiger partial charge in [-0.15, -0.1) is 0 Å². The lowest BCUT2D eigenvalue weighted by atomic mass is 9.37. The molecule has 1 N–H and O–H groups in total. The van der Waals surface area contributed by atoms with E-state index in [0.717, 1.165) is 0 Å². The molecule has 0 radical (unpaired) electrons. The molecule has 10 unspecified atom stereocenters. The van der Waals surface area contributed by atoms with Crippen LogP contribution >= 0.6 is 0 Å². The van der Waals surface area contributed by atoms with Gasteiger partial charge in [-0.3, -0.25) is 19.2 Å². The van der Waals surface area contributed by atoms with Gasteiger partial charge in [-0.25, -0.2) is 4.79 Å². The summed E-state index contributed by atoms with van der Waals surface area (Å²) in [5, 5.41) is 12.1. The molecule has 12 nitrogen and oxygen atoms in total. The first-order chi connectivity index (χ1) is 20.2. The second-order valence-corrected chi connectivity index (χ2v) is 13.0. The van der Waals surface area contributed by atoms with Crippen LogP contribution in [0.15, 0.2) is 18.2 Å². The van der Waals surface area contributed by atoms with Gasteiger partial charge < -0.3 is 33.5 Å². The summed E-state index contributed by atoms with van der Waals surface area (Å²) >= 11 is 0. The van der Waals surface area contributed by atoms with Gasteiger partial charge in [0.15, 0.2) is 29.5 Å². The molecule has 43 heavy (non-hydrogen) atoms. The number of ketones is 1. The normalized spacial score (nSPS) is 40.8. The Bertz CT molecular complexity index is 1400. The zero-order valence-corrected chi connectivity index (χ0v) is 24.7. The third kappa shape index (κ3) is 4.31. The Kier molecular flexibility index (Phi) is 6.79. The van der Waals surface area contributed by atoms with Gasteiger partial charge in [-0.1, -0.05) is 13.8 Å². The number of hydrogen-bond acceptors (Lipinski definition) is 12. The van der Waals surface area contributed by atoms with E-state index in [9.17, 15) is 29.1 Å². The zero-order chi connectivity index (χ0) is 31.1. The molecule has 0 bridgehead atoms. The Morgan fingerprint density at radius 2 is 1.65 bits per heavy atom. The third-order valence-corrected chi connectivity index (χ3v) is 10.7. The molecule has 1 aromatic carbocycles. The van der Waals surface area contributed by atoms with Crippen molar-refractivity contribution >= 4 is 29.7 Å². The smallest absolute Gasteiger partial charge is 0.338 e. The van der Waals surface area contributed by atoms with Crippen molar-refractivity contribution in [1.82, 2.24) is 0 Å². The first-order valence-electron chi connectivity index (χ1n) is 14.6. The molecule has 232 valence electrons. The first kappa shape index (κ1) is 29.4. The Morgan fingerprint density at radius 1 is 0.953 bits per heavy atom. The Morgan fingerprint density at radius 3 is 2.35 bits per heavy atom. The number of carbonyl (C=O) groups excluding carboxylic acids is 5. The van der Waals surface area contributed by atoms with Gasteiger partial charge in [-0.05, 0) is 50.3 Å². The van der Waals surface area contributed by atoms with Crippen LogP contribution < -0.4 is 9.47 Å². The molecule has 2 aliphatic heterocycles. The molecule has 3 aliphatic carbocycles. The number of benzene rings is 1. The topological polar surface area (TPSA) is 161 Å². The maximum absolute atomic E-state index is 14.4. The van der Waals surface area contributed by atoms with E-state index in [1.807, 2.05) is 6.92 Å². The van der Waals surface area contributed by atoms with Gasteiger partial charge in [0, 0.05) is 36.5 Å². The van der Waals surface area contributed by atoms with Gasteiger partial charge in [-0.2, -0.15) is 0 Å². The van der Waals surface area contributed by atoms with E-state index in [4.69, 9.17) is 28.4 Å². The molecular formula is C31H36O12. The predicted molar refractivity (Wildman–Crippen MR) is 144 cm³/mol. The number of rotatable bonds is 4. The molecule has 10 atom stereocenters. The third-order valence-electron chi connectivity index (χ3n) is 10.7. The van der Waals surface area contributed by atoms with Crippen LogP contribution in [0.4, 0.5) is 0 Å². The molecule has 0 spiro atoms. The lowest BCUT2D eigenvalue weighted by Gasteiger charge is -2.69. The zero-order valence-electron chi connectivity index (χ0n) is 24.7. The van der Waals surface area contributed by atoms with Gasteiger partial charge in [0.1, 0.15) is 17.8 Å². The molecule has 12 heteroatoms. The predicted octanol–water partition coefficient (Wildman–Crippen LogP) is 2.51. The van der Waals surface area contributed by atoms with E-state index in [0.29, 0.717) is 30.8 Å². The fraction of sp³-hybridized carbons (Fsp3) is 0.645.